The number of allylic oxidation sites excluding steroid dienone is 8. The van der Waals surface area contributed by atoms with Gasteiger partial charge in [0.1, 0.15) is 0 Å². The molecule has 0 aliphatic heterocycles. The van der Waals surface area contributed by atoms with Crippen molar-refractivity contribution in [1.29, 1.82) is 0 Å². The minimum atomic E-state index is -0.843. The van der Waals surface area contributed by atoms with Crippen molar-refractivity contribution in [3.63, 3.8) is 0 Å². The second kappa shape index (κ2) is 5.30. The third-order valence-electron chi connectivity index (χ3n) is 2.51. The Morgan fingerprint density at radius 2 is 1.46 bits per heavy atom. The van der Waals surface area contributed by atoms with E-state index >= 15 is 0 Å². The summed E-state index contributed by atoms with van der Waals surface area (Å²) in [5.41, 5.74) is 0. The molecule has 3 heteroatoms. The molecule has 0 aromatic rings. The fourth-order valence-corrected chi connectivity index (χ4v) is 7.76. The van der Waals surface area contributed by atoms with Gasteiger partial charge in [0.25, 0.3) is 0 Å². The number of halogens is 1. The van der Waals surface area contributed by atoms with Crippen LogP contribution in [0, 0.1) is 0 Å². The van der Waals surface area contributed by atoms with Crippen molar-refractivity contribution < 1.29 is 34.1 Å². The molecule has 0 heterocycles. The number of hydrogen-bond donors (Lipinski definition) is 0. The van der Waals surface area contributed by atoms with Gasteiger partial charge in [-0.25, -0.2) is 0 Å². The Labute approximate surface area is 98.7 Å². The first kappa shape index (κ1) is 11.4. The van der Waals surface area contributed by atoms with Crippen LogP contribution >= 0.6 is 0 Å². The zero-order chi connectivity index (χ0) is 8.39. The van der Waals surface area contributed by atoms with Crippen molar-refractivity contribution in [3.8, 4) is 0 Å². The van der Waals surface area contributed by atoms with E-state index in [2.05, 4.69) is 36.5 Å². The topological polar surface area (TPSA) is 0 Å². The van der Waals surface area contributed by atoms with Gasteiger partial charge in [0.2, 0.25) is 0 Å². The van der Waals surface area contributed by atoms with Gasteiger partial charge in [0.15, 0.2) is 0 Å². The van der Waals surface area contributed by atoms with Crippen molar-refractivity contribution in [2.24, 2.45) is 0 Å². The van der Waals surface area contributed by atoms with Crippen molar-refractivity contribution in [2.45, 2.75) is 12.8 Å². The van der Waals surface area contributed by atoms with E-state index in [0.717, 1.165) is 0 Å². The van der Waals surface area contributed by atoms with Crippen molar-refractivity contribution in [3.05, 3.63) is 44.2 Å². The molecule has 0 nitrogen and oxygen atoms in total. The van der Waals surface area contributed by atoms with Gasteiger partial charge in [0.05, 0.1) is 0 Å². The van der Waals surface area contributed by atoms with E-state index in [1.165, 1.54) is 21.0 Å². The molecule has 0 amide bonds. The average molecular weight is 289 g/mol. The summed E-state index contributed by atoms with van der Waals surface area (Å²) in [6.07, 6.45) is 16.3. The van der Waals surface area contributed by atoms with E-state index in [0.29, 0.717) is 0 Å². The fraction of sp³-hybridized carbons (Fsp3) is 0.200. The van der Waals surface area contributed by atoms with E-state index in [1.54, 1.807) is 7.76 Å². The summed E-state index contributed by atoms with van der Waals surface area (Å²) in [5.74, 6) is 0. The second-order valence-corrected chi connectivity index (χ2v) is 11.4. The van der Waals surface area contributed by atoms with Crippen molar-refractivity contribution >= 4 is 8.11 Å². The Balaban J connectivity index is 0.000000845. The summed E-state index contributed by atoms with van der Waals surface area (Å²) in [5, 5.41) is 0. The van der Waals surface area contributed by atoms with Crippen LogP contribution in [0.1, 0.15) is 12.8 Å². The molecule has 0 bridgehead atoms. The molecule has 2 rings (SSSR count). The SMILES string of the molecule is [Br-].[SiH3][Ti+]([C]1=CC=CC1)[C]1=CC=CC1. The zero-order valence-corrected chi connectivity index (χ0v) is 12.9. The van der Waals surface area contributed by atoms with Crippen LogP contribution in [0.15, 0.2) is 44.2 Å². The third kappa shape index (κ3) is 2.66. The van der Waals surface area contributed by atoms with E-state index in [4.69, 9.17) is 0 Å². The van der Waals surface area contributed by atoms with Crippen LogP contribution in [0.4, 0.5) is 0 Å². The Bertz CT molecular complexity index is 272. The van der Waals surface area contributed by atoms with Crippen LogP contribution in [0.25, 0.3) is 0 Å². The van der Waals surface area contributed by atoms with Crippen molar-refractivity contribution in [1.82, 2.24) is 0 Å². The van der Waals surface area contributed by atoms with Crippen LogP contribution in [0.2, 0.25) is 0 Å². The van der Waals surface area contributed by atoms with Gasteiger partial charge in [-0.15, -0.1) is 0 Å². The maximum atomic E-state index is 2.36. The molecule has 68 valence electrons. The zero-order valence-electron chi connectivity index (χ0n) is 7.76. The van der Waals surface area contributed by atoms with Gasteiger partial charge in [-0.2, -0.15) is 0 Å². The molecular formula is C10H13BrSiTi. The first-order chi connectivity index (χ1) is 5.88. The summed E-state index contributed by atoms with van der Waals surface area (Å²) in [6.45, 7) is 0. The number of hydrogen-bond acceptors (Lipinski definition) is 0. The van der Waals surface area contributed by atoms with Gasteiger partial charge in [-0.3, -0.25) is 0 Å². The molecule has 13 heavy (non-hydrogen) atoms. The molecule has 0 saturated carbocycles. The average Bonchev–Trinajstić information content (AvgIpc) is 2.77. The monoisotopic (exact) mass is 288 g/mol. The van der Waals surface area contributed by atoms with E-state index in [1.807, 2.05) is 0 Å². The Kier molecular flexibility index (Phi) is 4.67. The molecule has 0 saturated heterocycles. The summed E-state index contributed by atoms with van der Waals surface area (Å²) >= 11 is -0.843. The van der Waals surface area contributed by atoms with Crippen LogP contribution in [0.3, 0.4) is 0 Å². The molecule has 0 radical (unpaired) electrons. The molecule has 0 fully saturated rings. The summed E-state index contributed by atoms with van der Waals surface area (Å²) < 4.78 is 3.58. The molecule has 0 N–H and O–H groups in total. The molecule has 2 aliphatic rings. The van der Waals surface area contributed by atoms with Gasteiger partial charge in [0, 0.05) is 0 Å². The fourth-order valence-electron chi connectivity index (χ4n) is 1.66. The minimum absolute atomic E-state index is 0. The Hall–Kier alpha value is 0.371. The van der Waals surface area contributed by atoms with Crippen LogP contribution in [0.5, 0.6) is 0 Å². The van der Waals surface area contributed by atoms with Crippen molar-refractivity contribution in [2.75, 3.05) is 0 Å². The summed E-state index contributed by atoms with van der Waals surface area (Å²) in [4.78, 5) is 0. The third-order valence-corrected chi connectivity index (χ3v) is 12.0. The Morgan fingerprint density at radius 3 is 1.77 bits per heavy atom. The molecule has 0 atom stereocenters. The summed E-state index contributed by atoms with van der Waals surface area (Å²) in [7, 11) is 1.42. The molecule has 0 aromatic heterocycles. The standard InChI is InChI=1S/2C5H5.BrH.H3Si.Ti/c2*1-2-4-5-3-1;;;/h2*1-3H,4H2;1H;1H3;/q;;;;+1/p-1. The predicted octanol–water partition coefficient (Wildman–Crippen LogP) is -1.42. The van der Waals surface area contributed by atoms with Gasteiger partial charge < -0.3 is 17.0 Å². The normalized spacial score (nSPS) is 18.5. The molecule has 0 spiro atoms. The van der Waals surface area contributed by atoms with E-state index in [-0.39, 0.29) is 17.0 Å². The molecular weight excluding hydrogens is 276 g/mol. The van der Waals surface area contributed by atoms with Gasteiger partial charge in [-0.05, 0) is 0 Å². The van der Waals surface area contributed by atoms with Gasteiger partial charge in [-0.1, -0.05) is 0 Å². The molecule has 0 unspecified atom stereocenters. The Morgan fingerprint density at radius 1 is 1.00 bits per heavy atom. The van der Waals surface area contributed by atoms with Gasteiger partial charge >= 0.3 is 82.3 Å². The van der Waals surface area contributed by atoms with E-state index in [9.17, 15) is 0 Å². The van der Waals surface area contributed by atoms with Crippen LogP contribution in [-0.2, 0) is 17.1 Å². The second-order valence-electron chi connectivity index (χ2n) is 3.27. The quantitative estimate of drug-likeness (QED) is 0.547. The maximum absolute atomic E-state index is 2.36. The first-order valence-electron chi connectivity index (χ1n) is 4.43. The first-order valence-corrected chi connectivity index (χ1v) is 11.7. The van der Waals surface area contributed by atoms with E-state index < -0.39 is 17.1 Å². The molecule has 2 aliphatic carbocycles. The summed E-state index contributed by atoms with van der Waals surface area (Å²) in [6, 6.07) is 0. The number of rotatable bonds is 2. The van der Waals surface area contributed by atoms with Crippen LogP contribution < -0.4 is 17.0 Å². The molecule has 0 aromatic carbocycles. The van der Waals surface area contributed by atoms with Crippen LogP contribution in [-0.4, -0.2) is 8.11 Å². The predicted molar refractivity (Wildman–Crippen MR) is 53.6 cm³/mol.